The molecule has 6 nitrogen and oxygen atoms in total. The molecule has 0 aliphatic carbocycles. The first-order valence-corrected chi connectivity index (χ1v) is 6.40. The molecular formula is C12H13Cl2NO5. The average molecular weight is 322 g/mol. The number of halogens is 2. The van der Waals surface area contributed by atoms with Crippen LogP contribution in [-0.4, -0.2) is 22.6 Å². The number of nitrogens with zero attached hydrogens (tertiary/aromatic N) is 1. The van der Waals surface area contributed by atoms with Gasteiger partial charge in [0.25, 0.3) is 5.69 Å². The van der Waals surface area contributed by atoms with Crippen molar-refractivity contribution in [2.75, 3.05) is 6.61 Å². The number of rotatable bonds is 6. The van der Waals surface area contributed by atoms with E-state index in [1.54, 1.807) is 13.8 Å². The Morgan fingerprint density at radius 2 is 1.90 bits per heavy atom. The standard InChI is InChI=1S/C12H13Cl2NO5/c1-12(2,11(16)17)3-4-20-10-8(13)5-7(15(18)19)6-9(10)14/h5-6H,3-4H2,1-2H3,(H,16,17). The molecule has 0 aliphatic rings. The number of hydrogen-bond acceptors (Lipinski definition) is 4. The Morgan fingerprint density at radius 1 is 1.40 bits per heavy atom. The number of benzene rings is 1. The Bertz CT molecular complexity index is 522. The van der Waals surface area contributed by atoms with Crippen LogP contribution in [0.5, 0.6) is 5.75 Å². The largest absolute Gasteiger partial charge is 0.490 e. The highest BCUT2D eigenvalue weighted by molar-refractivity contribution is 6.37. The molecule has 0 saturated heterocycles. The monoisotopic (exact) mass is 321 g/mol. The molecule has 0 aromatic heterocycles. The van der Waals surface area contributed by atoms with Crippen molar-refractivity contribution in [1.82, 2.24) is 0 Å². The number of hydrogen-bond donors (Lipinski definition) is 1. The maximum atomic E-state index is 10.9. The molecule has 110 valence electrons. The average Bonchev–Trinajstić information content (AvgIpc) is 2.31. The van der Waals surface area contributed by atoms with E-state index in [-0.39, 0.29) is 34.5 Å². The van der Waals surface area contributed by atoms with E-state index in [4.69, 9.17) is 33.0 Å². The van der Waals surface area contributed by atoms with Gasteiger partial charge < -0.3 is 9.84 Å². The first kappa shape index (κ1) is 16.5. The molecule has 0 heterocycles. The summed E-state index contributed by atoms with van der Waals surface area (Å²) < 4.78 is 5.34. The number of carboxylic acids is 1. The van der Waals surface area contributed by atoms with Crippen LogP contribution in [0, 0.1) is 15.5 Å². The minimum Gasteiger partial charge on any atom is -0.490 e. The molecule has 0 saturated carbocycles. The minimum atomic E-state index is -0.945. The Hall–Kier alpha value is -1.53. The minimum absolute atomic E-state index is 0.0114. The van der Waals surface area contributed by atoms with Gasteiger partial charge in [0.05, 0.1) is 27.0 Å². The molecule has 0 atom stereocenters. The molecule has 0 fully saturated rings. The maximum Gasteiger partial charge on any atom is 0.309 e. The Kier molecular flexibility index (Phi) is 5.19. The van der Waals surface area contributed by atoms with E-state index in [0.717, 1.165) is 12.1 Å². The van der Waals surface area contributed by atoms with Crippen molar-refractivity contribution >= 4 is 34.9 Å². The lowest BCUT2D eigenvalue weighted by atomic mass is 9.90. The van der Waals surface area contributed by atoms with E-state index in [2.05, 4.69) is 0 Å². The third-order valence-corrected chi connectivity index (χ3v) is 3.31. The molecule has 1 aromatic carbocycles. The van der Waals surface area contributed by atoms with Crippen LogP contribution in [0.2, 0.25) is 10.0 Å². The molecule has 8 heteroatoms. The van der Waals surface area contributed by atoms with Gasteiger partial charge in [0.2, 0.25) is 0 Å². The quantitative estimate of drug-likeness (QED) is 0.636. The smallest absolute Gasteiger partial charge is 0.309 e. The van der Waals surface area contributed by atoms with Crippen LogP contribution >= 0.6 is 23.2 Å². The summed E-state index contributed by atoms with van der Waals surface area (Å²) in [5, 5.41) is 19.6. The van der Waals surface area contributed by atoms with Crippen LogP contribution < -0.4 is 4.74 Å². The second kappa shape index (κ2) is 6.28. The van der Waals surface area contributed by atoms with Gasteiger partial charge >= 0.3 is 5.97 Å². The van der Waals surface area contributed by atoms with E-state index in [0.29, 0.717) is 0 Å². The molecule has 0 bridgehead atoms. The third kappa shape index (κ3) is 3.98. The number of ether oxygens (including phenoxy) is 1. The number of nitro groups is 1. The molecule has 1 aromatic rings. The maximum absolute atomic E-state index is 10.9. The molecule has 0 aliphatic heterocycles. The van der Waals surface area contributed by atoms with Gasteiger partial charge in [-0.1, -0.05) is 23.2 Å². The van der Waals surface area contributed by atoms with Gasteiger partial charge in [0.15, 0.2) is 5.75 Å². The molecule has 0 spiro atoms. The Labute approximate surface area is 125 Å². The van der Waals surface area contributed by atoms with Crippen LogP contribution in [0.15, 0.2) is 12.1 Å². The normalized spacial score (nSPS) is 11.2. The van der Waals surface area contributed by atoms with Crippen LogP contribution in [-0.2, 0) is 4.79 Å². The fourth-order valence-electron chi connectivity index (χ4n) is 1.30. The fourth-order valence-corrected chi connectivity index (χ4v) is 1.89. The summed E-state index contributed by atoms with van der Waals surface area (Å²) in [6, 6.07) is 2.26. The van der Waals surface area contributed by atoms with Gasteiger partial charge in [-0.25, -0.2) is 0 Å². The van der Waals surface area contributed by atoms with Crippen molar-refractivity contribution < 1.29 is 19.6 Å². The van der Waals surface area contributed by atoms with E-state index in [9.17, 15) is 14.9 Å². The van der Waals surface area contributed by atoms with Crippen LogP contribution in [0.1, 0.15) is 20.3 Å². The molecule has 0 radical (unpaired) electrons. The van der Waals surface area contributed by atoms with E-state index in [1.165, 1.54) is 0 Å². The predicted molar refractivity (Wildman–Crippen MR) is 74.6 cm³/mol. The van der Waals surface area contributed by atoms with Crippen molar-refractivity contribution in [2.24, 2.45) is 5.41 Å². The summed E-state index contributed by atoms with van der Waals surface area (Å²) in [5.74, 6) is -0.831. The van der Waals surface area contributed by atoms with Crippen molar-refractivity contribution in [1.29, 1.82) is 0 Å². The summed E-state index contributed by atoms with van der Waals surface area (Å²) >= 11 is 11.7. The lowest BCUT2D eigenvalue weighted by Crippen LogP contribution is -2.25. The van der Waals surface area contributed by atoms with Gasteiger partial charge in [-0.3, -0.25) is 14.9 Å². The predicted octanol–water partition coefficient (Wildman–Crippen LogP) is 3.78. The van der Waals surface area contributed by atoms with E-state index < -0.39 is 16.3 Å². The van der Waals surface area contributed by atoms with Crippen molar-refractivity contribution in [3.05, 3.63) is 32.3 Å². The van der Waals surface area contributed by atoms with Crippen LogP contribution in [0.3, 0.4) is 0 Å². The highest BCUT2D eigenvalue weighted by Crippen LogP contribution is 2.37. The zero-order valence-corrected chi connectivity index (χ0v) is 12.4. The van der Waals surface area contributed by atoms with Gasteiger partial charge in [-0.15, -0.1) is 0 Å². The van der Waals surface area contributed by atoms with Gasteiger partial charge in [0.1, 0.15) is 0 Å². The zero-order chi connectivity index (χ0) is 15.5. The second-order valence-electron chi connectivity index (χ2n) is 4.78. The number of aliphatic carboxylic acids is 1. The molecule has 0 amide bonds. The zero-order valence-electron chi connectivity index (χ0n) is 10.9. The summed E-state index contributed by atoms with van der Waals surface area (Å²) in [4.78, 5) is 20.9. The Balaban J connectivity index is 2.80. The second-order valence-corrected chi connectivity index (χ2v) is 5.60. The van der Waals surface area contributed by atoms with Crippen LogP contribution in [0.25, 0.3) is 0 Å². The summed E-state index contributed by atoms with van der Waals surface area (Å²) in [7, 11) is 0. The van der Waals surface area contributed by atoms with Crippen LogP contribution in [0.4, 0.5) is 5.69 Å². The summed E-state index contributed by atoms with van der Waals surface area (Å²) in [6.45, 7) is 3.21. The van der Waals surface area contributed by atoms with Gasteiger partial charge in [0, 0.05) is 12.1 Å². The first-order chi connectivity index (χ1) is 9.15. The molecule has 1 rings (SSSR count). The van der Waals surface area contributed by atoms with E-state index >= 15 is 0 Å². The van der Waals surface area contributed by atoms with Crippen molar-refractivity contribution in [3.63, 3.8) is 0 Å². The number of non-ortho nitro benzene ring substituents is 1. The molecule has 20 heavy (non-hydrogen) atoms. The topological polar surface area (TPSA) is 89.7 Å². The summed E-state index contributed by atoms with van der Waals surface area (Å²) in [6.07, 6.45) is 0.242. The molecule has 0 unspecified atom stereocenters. The number of carboxylic acid groups (broad SMARTS) is 1. The molecular weight excluding hydrogens is 309 g/mol. The van der Waals surface area contributed by atoms with Crippen molar-refractivity contribution in [2.45, 2.75) is 20.3 Å². The molecule has 1 N–H and O–H groups in total. The lowest BCUT2D eigenvalue weighted by molar-refractivity contribution is -0.384. The van der Waals surface area contributed by atoms with Gasteiger partial charge in [-0.05, 0) is 20.3 Å². The highest BCUT2D eigenvalue weighted by Gasteiger charge is 2.27. The third-order valence-electron chi connectivity index (χ3n) is 2.75. The summed E-state index contributed by atoms with van der Waals surface area (Å²) in [5.41, 5.74) is -1.18. The fraction of sp³-hybridized carbons (Fsp3) is 0.417. The Morgan fingerprint density at radius 3 is 2.30 bits per heavy atom. The number of carbonyl (C=O) groups is 1. The van der Waals surface area contributed by atoms with Gasteiger partial charge in [-0.2, -0.15) is 0 Å². The van der Waals surface area contributed by atoms with E-state index in [1.807, 2.05) is 0 Å². The SMILES string of the molecule is CC(C)(CCOc1c(Cl)cc([N+](=O)[O-])cc1Cl)C(=O)O. The van der Waals surface area contributed by atoms with Crippen molar-refractivity contribution in [3.8, 4) is 5.75 Å². The lowest BCUT2D eigenvalue weighted by Gasteiger charge is -2.19. The number of nitro benzene ring substituents is 1. The highest BCUT2D eigenvalue weighted by atomic mass is 35.5. The first-order valence-electron chi connectivity index (χ1n) is 5.65.